The molecular weight excluding hydrogens is 278 g/mol. The molecule has 0 spiro atoms. The highest BCUT2D eigenvalue weighted by molar-refractivity contribution is 5.93. The maximum absolute atomic E-state index is 12.6. The molecule has 120 valence electrons. The number of aromatic nitrogens is 1. The molecule has 0 aliphatic carbocycles. The Morgan fingerprint density at radius 2 is 1.55 bits per heavy atom. The van der Waals surface area contributed by atoms with E-state index in [0.29, 0.717) is 5.69 Å². The molecule has 0 saturated carbocycles. The summed E-state index contributed by atoms with van der Waals surface area (Å²) in [5.41, 5.74) is 1.68. The van der Waals surface area contributed by atoms with Gasteiger partial charge in [-0.3, -0.25) is 9.78 Å². The monoisotopic (exact) mass is 303 g/mol. The molecule has 0 N–H and O–H groups in total. The van der Waals surface area contributed by atoms with Crippen LogP contribution in [0.1, 0.15) is 10.5 Å². The molecule has 2 aliphatic rings. The summed E-state index contributed by atoms with van der Waals surface area (Å²) in [6, 6.07) is 3.96. The van der Waals surface area contributed by atoms with Crippen LogP contribution in [-0.4, -0.2) is 92.0 Å². The van der Waals surface area contributed by atoms with Crippen molar-refractivity contribution in [2.24, 2.45) is 0 Å². The summed E-state index contributed by atoms with van der Waals surface area (Å²) in [5, 5.41) is 0. The first-order chi connectivity index (χ1) is 10.6. The van der Waals surface area contributed by atoms with Gasteiger partial charge in [0, 0.05) is 64.2 Å². The van der Waals surface area contributed by atoms with Crippen LogP contribution in [0.25, 0.3) is 0 Å². The number of carbonyl (C=O) groups is 1. The molecule has 2 aliphatic heterocycles. The molecule has 6 nitrogen and oxygen atoms in total. The molecule has 0 unspecified atom stereocenters. The van der Waals surface area contributed by atoms with Gasteiger partial charge in [0.2, 0.25) is 0 Å². The fraction of sp³-hybridized carbons (Fsp3) is 0.625. The Kier molecular flexibility index (Phi) is 4.59. The van der Waals surface area contributed by atoms with Crippen LogP contribution in [0.15, 0.2) is 18.3 Å². The van der Waals surface area contributed by atoms with Crippen molar-refractivity contribution in [1.82, 2.24) is 19.7 Å². The lowest BCUT2D eigenvalue weighted by Gasteiger charge is -2.34. The van der Waals surface area contributed by atoms with Crippen LogP contribution >= 0.6 is 0 Å². The van der Waals surface area contributed by atoms with E-state index in [4.69, 9.17) is 0 Å². The average Bonchev–Trinajstić information content (AvgIpc) is 2.56. The molecule has 0 bridgehead atoms. The van der Waals surface area contributed by atoms with E-state index in [-0.39, 0.29) is 5.91 Å². The second-order valence-electron chi connectivity index (χ2n) is 6.29. The number of hydrogen-bond acceptors (Lipinski definition) is 5. The summed E-state index contributed by atoms with van der Waals surface area (Å²) in [5.74, 6) is 0.0593. The van der Waals surface area contributed by atoms with Crippen molar-refractivity contribution in [1.29, 1.82) is 0 Å². The van der Waals surface area contributed by atoms with Crippen molar-refractivity contribution < 1.29 is 4.79 Å². The third kappa shape index (κ3) is 3.39. The van der Waals surface area contributed by atoms with Crippen LogP contribution in [0.3, 0.4) is 0 Å². The molecule has 22 heavy (non-hydrogen) atoms. The van der Waals surface area contributed by atoms with Gasteiger partial charge in [0.05, 0.1) is 0 Å². The summed E-state index contributed by atoms with van der Waals surface area (Å²) < 4.78 is 0. The Bertz CT molecular complexity index is 519. The van der Waals surface area contributed by atoms with Crippen LogP contribution in [0.4, 0.5) is 5.69 Å². The van der Waals surface area contributed by atoms with Crippen molar-refractivity contribution in [2.75, 3.05) is 71.4 Å². The predicted molar refractivity (Wildman–Crippen MR) is 87.3 cm³/mol. The zero-order valence-electron chi connectivity index (χ0n) is 13.5. The molecule has 1 aromatic rings. The molecule has 0 aromatic carbocycles. The minimum Gasteiger partial charge on any atom is -0.369 e. The van der Waals surface area contributed by atoms with Gasteiger partial charge < -0.3 is 19.6 Å². The van der Waals surface area contributed by atoms with E-state index < -0.39 is 0 Å². The van der Waals surface area contributed by atoms with E-state index >= 15 is 0 Å². The maximum Gasteiger partial charge on any atom is 0.272 e. The molecule has 1 amide bonds. The third-order valence-corrected chi connectivity index (χ3v) is 4.62. The van der Waals surface area contributed by atoms with Gasteiger partial charge in [0.1, 0.15) is 5.69 Å². The Balaban J connectivity index is 1.69. The quantitative estimate of drug-likeness (QED) is 0.782. The average molecular weight is 303 g/mol. The molecule has 6 heteroatoms. The van der Waals surface area contributed by atoms with Crippen molar-refractivity contribution >= 4 is 11.6 Å². The summed E-state index contributed by atoms with van der Waals surface area (Å²) in [7, 11) is 4.24. The smallest absolute Gasteiger partial charge is 0.272 e. The van der Waals surface area contributed by atoms with Gasteiger partial charge in [0.25, 0.3) is 5.91 Å². The molecule has 1 aromatic heterocycles. The molecule has 2 fully saturated rings. The number of amides is 1. The van der Waals surface area contributed by atoms with Gasteiger partial charge in [-0.05, 0) is 26.2 Å². The summed E-state index contributed by atoms with van der Waals surface area (Å²) in [4.78, 5) is 25.7. The van der Waals surface area contributed by atoms with Crippen LogP contribution < -0.4 is 4.90 Å². The van der Waals surface area contributed by atoms with Crippen LogP contribution in [0.2, 0.25) is 0 Å². The van der Waals surface area contributed by atoms with Crippen LogP contribution in [0, 0.1) is 0 Å². The van der Waals surface area contributed by atoms with Gasteiger partial charge in [-0.2, -0.15) is 0 Å². The maximum atomic E-state index is 12.6. The van der Waals surface area contributed by atoms with Gasteiger partial charge in [-0.1, -0.05) is 0 Å². The Morgan fingerprint density at radius 3 is 2.18 bits per heavy atom. The van der Waals surface area contributed by atoms with Crippen molar-refractivity contribution in [2.45, 2.75) is 0 Å². The van der Waals surface area contributed by atoms with Gasteiger partial charge in [-0.25, -0.2) is 0 Å². The number of piperazine rings is 2. The lowest BCUT2D eigenvalue weighted by Crippen LogP contribution is -2.47. The fourth-order valence-electron chi connectivity index (χ4n) is 2.97. The van der Waals surface area contributed by atoms with Crippen LogP contribution in [-0.2, 0) is 0 Å². The van der Waals surface area contributed by atoms with Gasteiger partial charge in [0.15, 0.2) is 0 Å². The first kappa shape index (κ1) is 15.2. The fourth-order valence-corrected chi connectivity index (χ4v) is 2.97. The third-order valence-electron chi connectivity index (χ3n) is 4.62. The standard InChI is InChI=1S/C16H25N5O/c1-18-5-9-20(10-6-18)14-3-4-17-15(13-14)16(22)21-11-7-19(2)8-12-21/h3-4,13H,5-12H2,1-2H3. The van der Waals surface area contributed by atoms with Gasteiger partial charge in [-0.15, -0.1) is 0 Å². The van der Waals surface area contributed by atoms with E-state index in [1.807, 2.05) is 17.0 Å². The zero-order valence-corrected chi connectivity index (χ0v) is 13.5. The first-order valence-electron chi connectivity index (χ1n) is 8.01. The summed E-state index contributed by atoms with van der Waals surface area (Å²) in [6.45, 7) is 7.57. The highest BCUT2D eigenvalue weighted by Crippen LogP contribution is 2.17. The number of pyridine rings is 1. The lowest BCUT2D eigenvalue weighted by atomic mass is 10.2. The van der Waals surface area contributed by atoms with E-state index in [1.54, 1.807) is 6.20 Å². The minimum atomic E-state index is 0.0593. The first-order valence-corrected chi connectivity index (χ1v) is 8.01. The van der Waals surface area contributed by atoms with Crippen LogP contribution in [0.5, 0.6) is 0 Å². The van der Waals surface area contributed by atoms with E-state index in [0.717, 1.165) is 58.0 Å². The largest absolute Gasteiger partial charge is 0.369 e. The number of carbonyl (C=O) groups excluding carboxylic acids is 1. The summed E-state index contributed by atoms with van der Waals surface area (Å²) in [6.07, 6.45) is 1.76. The highest BCUT2D eigenvalue weighted by atomic mass is 16.2. The molecular formula is C16H25N5O. The van der Waals surface area contributed by atoms with E-state index in [1.165, 1.54) is 0 Å². The molecule has 0 atom stereocenters. The zero-order chi connectivity index (χ0) is 15.5. The minimum absolute atomic E-state index is 0.0593. The summed E-state index contributed by atoms with van der Waals surface area (Å²) >= 11 is 0. The molecule has 0 radical (unpaired) electrons. The number of rotatable bonds is 2. The second-order valence-corrected chi connectivity index (χ2v) is 6.29. The lowest BCUT2D eigenvalue weighted by molar-refractivity contribution is 0.0658. The normalized spacial score (nSPS) is 21.2. The Labute approximate surface area is 132 Å². The second kappa shape index (κ2) is 6.62. The number of anilines is 1. The van der Waals surface area contributed by atoms with E-state index in [9.17, 15) is 4.79 Å². The SMILES string of the molecule is CN1CCN(C(=O)c2cc(N3CCN(C)CC3)ccn2)CC1. The topological polar surface area (TPSA) is 42.9 Å². The Hall–Kier alpha value is -1.66. The van der Waals surface area contributed by atoms with Crippen molar-refractivity contribution in [3.05, 3.63) is 24.0 Å². The highest BCUT2D eigenvalue weighted by Gasteiger charge is 2.22. The number of nitrogens with zero attached hydrogens (tertiary/aromatic N) is 5. The molecule has 3 heterocycles. The van der Waals surface area contributed by atoms with Gasteiger partial charge >= 0.3 is 0 Å². The van der Waals surface area contributed by atoms with Crippen molar-refractivity contribution in [3.63, 3.8) is 0 Å². The van der Waals surface area contributed by atoms with E-state index in [2.05, 4.69) is 33.8 Å². The number of hydrogen-bond donors (Lipinski definition) is 0. The molecule has 3 rings (SSSR count). The predicted octanol–water partition coefficient (Wildman–Crippen LogP) is 0.221. The van der Waals surface area contributed by atoms with Crippen molar-refractivity contribution in [3.8, 4) is 0 Å². The Morgan fingerprint density at radius 1 is 0.955 bits per heavy atom. The molecule has 2 saturated heterocycles. The number of likely N-dealkylation sites (N-methyl/N-ethyl adjacent to an activating group) is 2.